The molecular formula is C11H6FNO. The molecule has 0 aromatic heterocycles. The number of carbonyl (C=O) groups excluding carboxylic acids is 1. The summed E-state index contributed by atoms with van der Waals surface area (Å²) in [5, 5.41) is 8.18. The molecule has 68 valence electrons. The molecule has 0 atom stereocenters. The fraction of sp³-hybridized carbons (Fsp3) is 0.0909. The highest BCUT2D eigenvalue weighted by atomic mass is 19.1. The molecule has 0 aliphatic rings. The van der Waals surface area contributed by atoms with E-state index in [1.54, 1.807) is 6.07 Å². The third-order valence-corrected chi connectivity index (χ3v) is 1.63. The maximum atomic E-state index is 13.0. The minimum Gasteiger partial charge on any atom is -0.295 e. The first-order chi connectivity index (χ1) is 6.65. The third kappa shape index (κ3) is 2.18. The van der Waals surface area contributed by atoms with Gasteiger partial charge in [0.1, 0.15) is 5.82 Å². The molecule has 0 aliphatic carbocycles. The van der Waals surface area contributed by atoms with Crippen LogP contribution in [0.25, 0.3) is 0 Å². The summed E-state index contributed by atoms with van der Waals surface area (Å²) in [7, 11) is 0. The molecule has 2 nitrogen and oxygen atoms in total. The van der Waals surface area contributed by atoms with E-state index in [9.17, 15) is 9.18 Å². The molecule has 1 rings (SSSR count). The van der Waals surface area contributed by atoms with Crippen molar-refractivity contribution in [2.24, 2.45) is 0 Å². The lowest BCUT2D eigenvalue weighted by atomic mass is 10.1. The summed E-state index contributed by atoms with van der Waals surface area (Å²) >= 11 is 0. The predicted octanol–water partition coefficient (Wildman–Crippen LogP) is 1.90. The van der Waals surface area contributed by atoms with Crippen molar-refractivity contribution in [2.45, 2.75) is 6.92 Å². The Morgan fingerprint density at radius 3 is 2.79 bits per heavy atom. The number of hydrogen-bond acceptors (Lipinski definition) is 2. The van der Waals surface area contributed by atoms with Crippen molar-refractivity contribution in [1.29, 1.82) is 5.26 Å². The van der Waals surface area contributed by atoms with Crippen molar-refractivity contribution >= 4 is 5.78 Å². The Morgan fingerprint density at radius 1 is 1.50 bits per heavy atom. The summed E-state index contributed by atoms with van der Waals surface area (Å²) in [6.07, 6.45) is 0. The number of Topliss-reactive ketones (excluding diaryl/α,β-unsaturated/α-hetero) is 1. The van der Waals surface area contributed by atoms with Crippen LogP contribution in [0, 0.1) is 29.0 Å². The first-order valence-electron chi connectivity index (χ1n) is 3.85. The lowest BCUT2D eigenvalue weighted by Gasteiger charge is -1.97. The topological polar surface area (TPSA) is 40.9 Å². The average molecular weight is 187 g/mol. The fourth-order valence-corrected chi connectivity index (χ4v) is 0.935. The van der Waals surface area contributed by atoms with E-state index in [4.69, 9.17) is 5.26 Å². The zero-order valence-electron chi connectivity index (χ0n) is 7.47. The second-order valence-corrected chi connectivity index (χ2v) is 2.61. The second kappa shape index (κ2) is 4.20. The summed E-state index contributed by atoms with van der Waals surface area (Å²) in [4.78, 5) is 10.9. The number of benzene rings is 1. The van der Waals surface area contributed by atoms with Crippen LogP contribution in [0.1, 0.15) is 22.8 Å². The highest BCUT2D eigenvalue weighted by Gasteiger charge is 2.03. The minimum absolute atomic E-state index is 0.0688. The molecule has 0 fully saturated rings. The van der Waals surface area contributed by atoms with Gasteiger partial charge in [-0.2, -0.15) is 5.26 Å². The van der Waals surface area contributed by atoms with Crippen molar-refractivity contribution in [3.05, 3.63) is 35.1 Å². The normalized spacial score (nSPS) is 8.36. The summed E-state index contributed by atoms with van der Waals surface area (Å²) in [5.74, 6) is 3.70. The maximum Gasteiger partial charge on any atom is 0.159 e. The van der Waals surface area contributed by atoms with Crippen LogP contribution in [0.2, 0.25) is 0 Å². The summed E-state index contributed by atoms with van der Waals surface area (Å²) in [6.45, 7) is 1.38. The van der Waals surface area contributed by atoms with Gasteiger partial charge in [0.15, 0.2) is 11.9 Å². The van der Waals surface area contributed by atoms with E-state index in [1.807, 2.05) is 0 Å². The standard InChI is InChI=1S/C11H6FNO/c1-8(14)9-4-5-11(12)10(7-9)3-2-6-13/h4-5,7H,1H3. The van der Waals surface area contributed by atoms with Crippen LogP contribution in [0.15, 0.2) is 18.2 Å². The van der Waals surface area contributed by atoms with Gasteiger partial charge >= 0.3 is 0 Å². The van der Waals surface area contributed by atoms with Crippen LogP contribution in [0.5, 0.6) is 0 Å². The van der Waals surface area contributed by atoms with Gasteiger partial charge in [-0.3, -0.25) is 4.79 Å². The van der Waals surface area contributed by atoms with Gasteiger partial charge in [-0.1, -0.05) is 0 Å². The molecule has 0 saturated heterocycles. The summed E-state index contributed by atoms with van der Waals surface area (Å²) in [5.41, 5.74) is 0.452. The zero-order chi connectivity index (χ0) is 10.6. The largest absolute Gasteiger partial charge is 0.295 e. The zero-order valence-corrected chi connectivity index (χ0v) is 7.47. The van der Waals surface area contributed by atoms with E-state index in [-0.39, 0.29) is 11.3 Å². The Morgan fingerprint density at radius 2 is 2.21 bits per heavy atom. The molecule has 0 bridgehead atoms. The van der Waals surface area contributed by atoms with Gasteiger partial charge in [-0.15, -0.1) is 0 Å². The molecule has 0 radical (unpaired) electrons. The monoisotopic (exact) mass is 187 g/mol. The quantitative estimate of drug-likeness (QED) is 0.497. The van der Waals surface area contributed by atoms with Crippen molar-refractivity contribution in [3.63, 3.8) is 0 Å². The smallest absolute Gasteiger partial charge is 0.159 e. The van der Waals surface area contributed by atoms with E-state index >= 15 is 0 Å². The first-order valence-corrected chi connectivity index (χ1v) is 3.85. The number of nitrogens with zero attached hydrogens (tertiary/aromatic N) is 1. The number of rotatable bonds is 1. The highest BCUT2D eigenvalue weighted by Crippen LogP contribution is 2.09. The molecule has 3 heteroatoms. The molecule has 0 amide bonds. The molecule has 0 N–H and O–H groups in total. The van der Waals surface area contributed by atoms with Crippen LogP contribution < -0.4 is 0 Å². The van der Waals surface area contributed by atoms with E-state index in [0.29, 0.717) is 5.56 Å². The number of nitriles is 1. The molecule has 0 heterocycles. The molecule has 0 spiro atoms. The SMILES string of the molecule is CC(=O)c1ccc(F)c(C#CC#N)c1. The Bertz CT molecular complexity index is 474. The number of carbonyl (C=O) groups is 1. The molecule has 0 saturated carbocycles. The van der Waals surface area contributed by atoms with E-state index in [2.05, 4.69) is 11.8 Å². The van der Waals surface area contributed by atoms with Crippen LogP contribution in [0.4, 0.5) is 4.39 Å². The van der Waals surface area contributed by atoms with Gasteiger partial charge in [-0.25, -0.2) is 4.39 Å². The highest BCUT2D eigenvalue weighted by molar-refractivity contribution is 5.94. The van der Waals surface area contributed by atoms with Crippen LogP contribution in [0.3, 0.4) is 0 Å². The van der Waals surface area contributed by atoms with Crippen LogP contribution in [-0.4, -0.2) is 5.78 Å². The van der Waals surface area contributed by atoms with Gasteiger partial charge in [0.25, 0.3) is 0 Å². The molecule has 0 aliphatic heterocycles. The van der Waals surface area contributed by atoms with Crippen molar-refractivity contribution in [2.75, 3.05) is 0 Å². The van der Waals surface area contributed by atoms with Gasteiger partial charge in [0.05, 0.1) is 5.56 Å². The minimum atomic E-state index is -0.530. The fourth-order valence-electron chi connectivity index (χ4n) is 0.935. The van der Waals surface area contributed by atoms with E-state index in [1.165, 1.54) is 19.1 Å². The van der Waals surface area contributed by atoms with E-state index < -0.39 is 5.82 Å². The second-order valence-electron chi connectivity index (χ2n) is 2.61. The number of ketones is 1. The lowest BCUT2D eigenvalue weighted by Crippen LogP contribution is -1.94. The van der Waals surface area contributed by atoms with Crippen LogP contribution >= 0.6 is 0 Å². The third-order valence-electron chi connectivity index (χ3n) is 1.63. The lowest BCUT2D eigenvalue weighted by molar-refractivity contribution is 0.101. The van der Waals surface area contributed by atoms with Gasteiger partial charge in [-0.05, 0) is 31.0 Å². The van der Waals surface area contributed by atoms with Gasteiger partial charge in [0, 0.05) is 11.5 Å². The predicted molar refractivity (Wildman–Crippen MR) is 48.9 cm³/mol. The average Bonchev–Trinajstić information content (AvgIpc) is 2.16. The number of hydrogen-bond donors (Lipinski definition) is 0. The van der Waals surface area contributed by atoms with Gasteiger partial charge < -0.3 is 0 Å². The Balaban J connectivity index is 3.23. The van der Waals surface area contributed by atoms with E-state index in [0.717, 1.165) is 6.07 Å². The maximum absolute atomic E-state index is 13.0. The molecule has 14 heavy (non-hydrogen) atoms. The number of halogens is 1. The Kier molecular flexibility index (Phi) is 2.99. The Labute approximate surface area is 81.0 Å². The summed E-state index contributed by atoms with van der Waals surface area (Å²) < 4.78 is 13.0. The Hall–Kier alpha value is -2.13. The van der Waals surface area contributed by atoms with Crippen LogP contribution in [-0.2, 0) is 0 Å². The summed E-state index contributed by atoms with van der Waals surface area (Å²) in [6, 6.07) is 5.46. The van der Waals surface area contributed by atoms with Crippen molar-refractivity contribution < 1.29 is 9.18 Å². The molecule has 0 unspecified atom stereocenters. The molecule has 1 aromatic carbocycles. The molecular weight excluding hydrogens is 181 g/mol. The first kappa shape index (κ1) is 9.95. The van der Waals surface area contributed by atoms with Crippen molar-refractivity contribution in [1.82, 2.24) is 0 Å². The van der Waals surface area contributed by atoms with Gasteiger partial charge in [0.2, 0.25) is 0 Å². The van der Waals surface area contributed by atoms with Crippen molar-refractivity contribution in [3.8, 4) is 17.9 Å². The molecule has 1 aromatic rings.